The molecular formula is C32H44Cl2N4O3. The third-order valence-corrected chi connectivity index (χ3v) is 9.57. The van der Waals surface area contributed by atoms with Crippen molar-refractivity contribution in [3.05, 3.63) is 63.6 Å². The molecule has 0 spiro atoms. The highest BCUT2D eigenvalue weighted by molar-refractivity contribution is 6.42. The zero-order valence-electron chi connectivity index (χ0n) is 24.9. The van der Waals surface area contributed by atoms with Gasteiger partial charge < -0.3 is 19.4 Å². The highest BCUT2D eigenvalue weighted by atomic mass is 35.5. The zero-order valence-corrected chi connectivity index (χ0v) is 26.4. The molecule has 7 nitrogen and oxygen atoms in total. The predicted octanol–water partition coefficient (Wildman–Crippen LogP) is 5.66. The summed E-state index contributed by atoms with van der Waals surface area (Å²) in [7, 11) is 7.22. The van der Waals surface area contributed by atoms with Crippen molar-refractivity contribution >= 4 is 35.0 Å². The van der Waals surface area contributed by atoms with Crippen LogP contribution in [-0.4, -0.2) is 104 Å². The maximum absolute atomic E-state index is 13.5. The first-order valence-electron chi connectivity index (χ1n) is 14.7. The number of carbonyl (C=O) groups is 2. The fourth-order valence-electron chi connectivity index (χ4n) is 6.39. The summed E-state index contributed by atoms with van der Waals surface area (Å²) in [5.74, 6) is 1.00. The lowest BCUT2D eigenvalue weighted by Gasteiger charge is -2.50. The fraction of sp³-hybridized carbons (Fsp3) is 0.562. The van der Waals surface area contributed by atoms with Crippen molar-refractivity contribution in [2.45, 2.75) is 50.0 Å². The SMILES string of the molecule is COc1ccc(C(=O)N(C)CC(CCN2CCC(C(=O)N(C)C)(N3CCCCC3)CC2)c2ccc(Cl)c(Cl)c2)cc1. The van der Waals surface area contributed by atoms with E-state index in [4.69, 9.17) is 27.9 Å². The number of hydrogen-bond acceptors (Lipinski definition) is 5. The van der Waals surface area contributed by atoms with Crippen molar-refractivity contribution in [2.24, 2.45) is 0 Å². The summed E-state index contributed by atoms with van der Waals surface area (Å²) in [6, 6.07) is 13.0. The van der Waals surface area contributed by atoms with Gasteiger partial charge in [-0.05, 0) is 93.7 Å². The molecule has 2 heterocycles. The van der Waals surface area contributed by atoms with Gasteiger partial charge in [0, 0.05) is 52.3 Å². The number of likely N-dealkylation sites (N-methyl/N-ethyl adjacent to an activating group) is 2. The Morgan fingerprint density at radius 1 is 0.927 bits per heavy atom. The topological polar surface area (TPSA) is 56.3 Å². The largest absolute Gasteiger partial charge is 0.497 e. The van der Waals surface area contributed by atoms with Crippen LogP contribution in [-0.2, 0) is 4.79 Å². The van der Waals surface area contributed by atoms with Crippen LogP contribution in [0.5, 0.6) is 5.75 Å². The first-order valence-corrected chi connectivity index (χ1v) is 15.4. The normalized spacial score (nSPS) is 18.5. The summed E-state index contributed by atoms with van der Waals surface area (Å²) in [6.45, 7) is 5.20. The van der Waals surface area contributed by atoms with Crippen molar-refractivity contribution in [3.63, 3.8) is 0 Å². The van der Waals surface area contributed by atoms with E-state index in [1.165, 1.54) is 19.3 Å². The van der Waals surface area contributed by atoms with E-state index < -0.39 is 5.54 Å². The first kappa shape index (κ1) is 31.6. The van der Waals surface area contributed by atoms with E-state index in [0.29, 0.717) is 22.2 Å². The Balaban J connectivity index is 1.44. The molecule has 0 aromatic heterocycles. The summed E-state index contributed by atoms with van der Waals surface area (Å²) in [4.78, 5) is 35.2. The van der Waals surface area contributed by atoms with Gasteiger partial charge in [-0.2, -0.15) is 0 Å². The van der Waals surface area contributed by atoms with Crippen LogP contribution in [0.4, 0.5) is 0 Å². The third kappa shape index (κ3) is 7.56. The lowest BCUT2D eigenvalue weighted by Crippen LogP contribution is -2.64. The Hall–Kier alpha value is -2.32. The van der Waals surface area contributed by atoms with Gasteiger partial charge in [-0.25, -0.2) is 0 Å². The first-order chi connectivity index (χ1) is 19.6. The number of benzene rings is 2. The number of amides is 2. The van der Waals surface area contributed by atoms with E-state index in [1.807, 2.05) is 39.3 Å². The van der Waals surface area contributed by atoms with Crippen LogP contribution in [0.3, 0.4) is 0 Å². The number of halogens is 2. The Kier molecular flexibility index (Phi) is 11.0. The van der Waals surface area contributed by atoms with Gasteiger partial charge in [-0.1, -0.05) is 35.7 Å². The molecule has 2 amide bonds. The minimum atomic E-state index is -0.394. The molecule has 2 aliphatic heterocycles. The van der Waals surface area contributed by atoms with Gasteiger partial charge in [-0.15, -0.1) is 0 Å². The standard InChI is InChI=1S/C32H44Cl2N4O3/c1-35(2)31(40)32(38-17-6-5-7-18-38)15-20-37(21-16-32)19-14-26(25-10-13-28(33)29(34)22-25)23-36(3)30(39)24-8-11-27(41-4)12-9-24/h8-13,22,26H,5-7,14-21,23H2,1-4H3. The quantitative estimate of drug-likeness (QED) is 0.351. The van der Waals surface area contributed by atoms with E-state index in [1.54, 1.807) is 41.2 Å². The molecule has 0 aliphatic carbocycles. The molecule has 0 N–H and O–H groups in total. The van der Waals surface area contributed by atoms with Crippen LogP contribution in [0.1, 0.15) is 60.4 Å². The lowest BCUT2D eigenvalue weighted by atomic mass is 9.82. The van der Waals surface area contributed by atoms with Crippen LogP contribution >= 0.6 is 23.2 Å². The van der Waals surface area contributed by atoms with E-state index >= 15 is 0 Å². The predicted molar refractivity (Wildman–Crippen MR) is 166 cm³/mol. The molecule has 0 saturated carbocycles. The molecule has 2 fully saturated rings. The Labute approximate surface area is 255 Å². The molecule has 1 atom stereocenters. The van der Waals surface area contributed by atoms with Crippen LogP contribution in [0.15, 0.2) is 42.5 Å². The summed E-state index contributed by atoms with van der Waals surface area (Å²) in [5, 5.41) is 1.04. The fourth-order valence-corrected chi connectivity index (χ4v) is 6.69. The Morgan fingerprint density at radius 3 is 2.17 bits per heavy atom. The monoisotopic (exact) mass is 602 g/mol. The molecule has 0 radical (unpaired) electrons. The summed E-state index contributed by atoms with van der Waals surface area (Å²) >= 11 is 12.6. The van der Waals surface area contributed by atoms with Crippen molar-refractivity contribution in [1.29, 1.82) is 0 Å². The number of nitrogens with zero attached hydrogens (tertiary/aromatic N) is 4. The van der Waals surface area contributed by atoms with E-state index in [0.717, 1.165) is 63.3 Å². The van der Waals surface area contributed by atoms with Crippen LogP contribution in [0.25, 0.3) is 0 Å². The molecule has 9 heteroatoms. The second kappa shape index (κ2) is 14.2. The number of piperidine rings is 2. The van der Waals surface area contributed by atoms with E-state index in [2.05, 4.69) is 9.80 Å². The number of carbonyl (C=O) groups excluding carboxylic acids is 2. The molecule has 4 rings (SSSR count). The summed E-state index contributed by atoms with van der Waals surface area (Å²) in [6.07, 6.45) is 6.13. The molecule has 2 aliphatic rings. The minimum absolute atomic E-state index is 0.0378. The van der Waals surface area contributed by atoms with Crippen molar-refractivity contribution < 1.29 is 14.3 Å². The van der Waals surface area contributed by atoms with Crippen LogP contribution in [0, 0.1) is 0 Å². The second-order valence-electron chi connectivity index (χ2n) is 11.7. The Bertz CT molecular complexity index is 1180. The Morgan fingerprint density at radius 2 is 1.59 bits per heavy atom. The molecular weight excluding hydrogens is 559 g/mol. The smallest absolute Gasteiger partial charge is 0.253 e. The lowest BCUT2D eigenvalue weighted by molar-refractivity contribution is -0.147. The average Bonchev–Trinajstić information content (AvgIpc) is 3.00. The molecule has 2 aromatic rings. The van der Waals surface area contributed by atoms with Gasteiger partial charge >= 0.3 is 0 Å². The number of ether oxygens (including phenoxy) is 1. The molecule has 224 valence electrons. The van der Waals surface area contributed by atoms with Gasteiger partial charge in [0.05, 0.1) is 17.2 Å². The van der Waals surface area contributed by atoms with Crippen molar-refractivity contribution in [2.75, 3.05) is 67.5 Å². The van der Waals surface area contributed by atoms with Gasteiger partial charge in [0.25, 0.3) is 5.91 Å². The molecule has 2 saturated heterocycles. The number of likely N-dealkylation sites (tertiary alicyclic amines) is 2. The molecule has 0 bridgehead atoms. The minimum Gasteiger partial charge on any atom is -0.497 e. The highest BCUT2D eigenvalue weighted by Gasteiger charge is 2.47. The maximum Gasteiger partial charge on any atom is 0.253 e. The third-order valence-electron chi connectivity index (χ3n) is 8.84. The van der Waals surface area contributed by atoms with Gasteiger partial charge in [-0.3, -0.25) is 14.5 Å². The number of hydrogen-bond donors (Lipinski definition) is 0. The van der Waals surface area contributed by atoms with E-state index in [9.17, 15) is 9.59 Å². The van der Waals surface area contributed by atoms with Gasteiger partial charge in [0.1, 0.15) is 11.3 Å². The maximum atomic E-state index is 13.5. The molecule has 41 heavy (non-hydrogen) atoms. The summed E-state index contributed by atoms with van der Waals surface area (Å²) < 4.78 is 5.24. The zero-order chi connectivity index (χ0) is 29.6. The molecule has 2 aromatic carbocycles. The number of rotatable bonds is 10. The summed E-state index contributed by atoms with van der Waals surface area (Å²) in [5.41, 5.74) is 1.29. The molecule has 1 unspecified atom stereocenters. The van der Waals surface area contributed by atoms with Gasteiger partial charge in [0.15, 0.2) is 0 Å². The van der Waals surface area contributed by atoms with Crippen molar-refractivity contribution in [3.8, 4) is 5.75 Å². The van der Waals surface area contributed by atoms with Crippen molar-refractivity contribution in [1.82, 2.24) is 19.6 Å². The highest BCUT2D eigenvalue weighted by Crippen LogP contribution is 2.34. The van der Waals surface area contributed by atoms with Gasteiger partial charge in [0.2, 0.25) is 5.91 Å². The van der Waals surface area contributed by atoms with Crippen LogP contribution in [0.2, 0.25) is 10.0 Å². The van der Waals surface area contributed by atoms with E-state index in [-0.39, 0.29) is 17.7 Å². The van der Waals surface area contributed by atoms with Crippen LogP contribution < -0.4 is 4.74 Å². The number of methoxy groups -OCH3 is 1. The average molecular weight is 604 g/mol. The second-order valence-corrected chi connectivity index (χ2v) is 12.5.